The second kappa shape index (κ2) is 7.68. The third-order valence-corrected chi connectivity index (χ3v) is 5.21. The number of aryl methyl sites for hydroxylation is 2. The monoisotopic (exact) mass is 376 g/mol. The summed E-state index contributed by atoms with van der Waals surface area (Å²) in [6, 6.07) is 9.20. The summed E-state index contributed by atoms with van der Waals surface area (Å²) in [6.07, 6.45) is 1.03. The number of nitrogens with one attached hydrogen (secondary N) is 1. The van der Waals surface area contributed by atoms with Crippen LogP contribution in [-0.2, 0) is 12.1 Å². The molecule has 1 aromatic heterocycles. The molecule has 0 unspecified atom stereocenters. The van der Waals surface area contributed by atoms with Gasteiger partial charge in [0.05, 0.1) is 17.8 Å². The van der Waals surface area contributed by atoms with Crippen LogP contribution in [0.2, 0.25) is 5.02 Å². The third-order valence-electron chi connectivity index (χ3n) is 4.96. The maximum absolute atomic E-state index is 12.4. The lowest BCUT2D eigenvalue weighted by atomic mass is 9.84. The van der Waals surface area contributed by atoms with E-state index in [4.69, 9.17) is 11.6 Å². The largest absolute Gasteiger partial charge is 0.385 e. The standard InChI is InChI=1S/C19H25ClN4O2/c1-14-13-15(2)24(22-14)12-9-21-18(25)23-10-7-19(26,8-11-23)16-3-5-17(20)6-4-16/h3-6,13,26H,7-12H2,1-2H3,(H,21,25). The summed E-state index contributed by atoms with van der Waals surface area (Å²) in [4.78, 5) is 14.1. The lowest BCUT2D eigenvalue weighted by Crippen LogP contribution is -2.49. The molecule has 1 aliphatic rings. The predicted octanol–water partition coefficient (Wildman–Crippen LogP) is 2.85. The molecule has 2 heterocycles. The van der Waals surface area contributed by atoms with Crippen LogP contribution in [0.4, 0.5) is 4.79 Å². The SMILES string of the molecule is Cc1cc(C)n(CCNC(=O)N2CCC(O)(c3ccc(Cl)cc3)CC2)n1. The highest BCUT2D eigenvalue weighted by molar-refractivity contribution is 6.30. The van der Waals surface area contributed by atoms with Gasteiger partial charge in [0.2, 0.25) is 0 Å². The topological polar surface area (TPSA) is 70.4 Å². The lowest BCUT2D eigenvalue weighted by Gasteiger charge is -2.38. The maximum Gasteiger partial charge on any atom is 0.317 e. The number of carbonyl (C=O) groups is 1. The number of nitrogens with zero attached hydrogens (tertiary/aromatic N) is 3. The third kappa shape index (κ3) is 4.19. The number of hydrogen-bond donors (Lipinski definition) is 2. The molecule has 26 heavy (non-hydrogen) atoms. The van der Waals surface area contributed by atoms with Gasteiger partial charge in [-0.2, -0.15) is 5.10 Å². The van der Waals surface area contributed by atoms with Crippen molar-refractivity contribution in [2.45, 2.75) is 38.8 Å². The Balaban J connectivity index is 1.48. The first-order valence-corrected chi connectivity index (χ1v) is 9.27. The number of halogens is 1. The number of likely N-dealkylation sites (tertiary alicyclic amines) is 1. The summed E-state index contributed by atoms with van der Waals surface area (Å²) in [6.45, 7) is 6.17. The highest BCUT2D eigenvalue weighted by Gasteiger charge is 2.35. The van der Waals surface area contributed by atoms with E-state index >= 15 is 0 Å². The molecule has 6 nitrogen and oxygen atoms in total. The number of urea groups is 1. The minimum absolute atomic E-state index is 0.0929. The number of carbonyl (C=O) groups excluding carboxylic acids is 1. The fourth-order valence-corrected chi connectivity index (χ4v) is 3.54. The fourth-order valence-electron chi connectivity index (χ4n) is 3.41. The van der Waals surface area contributed by atoms with Crippen molar-refractivity contribution in [3.63, 3.8) is 0 Å². The van der Waals surface area contributed by atoms with Crippen LogP contribution in [-0.4, -0.2) is 45.5 Å². The zero-order valence-corrected chi connectivity index (χ0v) is 16.0. The zero-order chi connectivity index (χ0) is 18.7. The average Bonchev–Trinajstić information content (AvgIpc) is 2.93. The molecule has 140 valence electrons. The van der Waals surface area contributed by atoms with Gasteiger partial charge in [-0.1, -0.05) is 23.7 Å². The van der Waals surface area contributed by atoms with Crippen molar-refractivity contribution in [2.75, 3.05) is 19.6 Å². The van der Waals surface area contributed by atoms with E-state index in [9.17, 15) is 9.90 Å². The molecule has 0 radical (unpaired) electrons. The minimum Gasteiger partial charge on any atom is -0.385 e. The molecule has 0 aliphatic carbocycles. The molecule has 0 spiro atoms. The van der Waals surface area contributed by atoms with Gasteiger partial charge in [0.1, 0.15) is 0 Å². The van der Waals surface area contributed by atoms with E-state index in [1.807, 2.05) is 36.7 Å². The van der Waals surface area contributed by atoms with Crippen molar-refractivity contribution in [2.24, 2.45) is 0 Å². The van der Waals surface area contributed by atoms with Crippen molar-refractivity contribution >= 4 is 17.6 Å². The first kappa shape index (κ1) is 18.7. The Morgan fingerprint density at radius 3 is 2.50 bits per heavy atom. The molecule has 2 amide bonds. The van der Waals surface area contributed by atoms with Gasteiger partial charge in [0.15, 0.2) is 0 Å². The summed E-state index contributed by atoms with van der Waals surface area (Å²) < 4.78 is 1.89. The fraction of sp³-hybridized carbons (Fsp3) is 0.474. The van der Waals surface area contributed by atoms with Crippen molar-refractivity contribution < 1.29 is 9.90 Å². The van der Waals surface area contributed by atoms with Crippen LogP contribution in [0.15, 0.2) is 30.3 Å². The van der Waals surface area contributed by atoms with Gasteiger partial charge < -0.3 is 15.3 Å². The van der Waals surface area contributed by atoms with Gasteiger partial charge in [0.25, 0.3) is 0 Å². The van der Waals surface area contributed by atoms with Crippen LogP contribution < -0.4 is 5.32 Å². The number of hydrogen-bond acceptors (Lipinski definition) is 3. The van der Waals surface area contributed by atoms with Crippen molar-refractivity contribution in [1.29, 1.82) is 0 Å². The van der Waals surface area contributed by atoms with Crippen LogP contribution in [0, 0.1) is 13.8 Å². The van der Waals surface area contributed by atoms with E-state index in [0.717, 1.165) is 17.0 Å². The van der Waals surface area contributed by atoms with Crippen molar-refractivity contribution in [3.8, 4) is 0 Å². The summed E-state index contributed by atoms with van der Waals surface area (Å²) in [5.41, 5.74) is 2.02. The molecule has 0 saturated carbocycles. The molecular weight excluding hydrogens is 352 g/mol. The van der Waals surface area contributed by atoms with Gasteiger partial charge >= 0.3 is 6.03 Å². The predicted molar refractivity (Wildman–Crippen MR) is 101 cm³/mol. The smallest absolute Gasteiger partial charge is 0.317 e. The van der Waals surface area contributed by atoms with Crippen LogP contribution in [0.3, 0.4) is 0 Å². The van der Waals surface area contributed by atoms with Crippen molar-refractivity contribution in [3.05, 3.63) is 52.3 Å². The molecule has 2 aromatic rings. The van der Waals surface area contributed by atoms with Gasteiger partial charge in [-0.05, 0) is 50.5 Å². The second-order valence-electron chi connectivity index (χ2n) is 6.91. The van der Waals surface area contributed by atoms with Gasteiger partial charge in [-0.25, -0.2) is 4.79 Å². The number of benzene rings is 1. The first-order chi connectivity index (χ1) is 12.4. The summed E-state index contributed by atoms with van der Waals surface area (Å²) in [5, 5.41) is 18.9. The van der Waals surface area contributed by atoms with Crippen molar-refractivity contribution in [1.82, 2.24) is 20.0 Å². The Bertz CT molecular complexity index is 764. The molecule has 2 N–H and O–H groups in total. The molecule has 7 heteroatoms. The van der Waals surface area contributed by atoms with Gasteiger partial charge in [0, 0.05) is 30.4 Å². The molecule has 1 aromatic carbocycles. The molecule has 0 bridgehead atoms. The van der Waals surface area contributed by atoms with Crippen LogP contribution >= 0.6 is 11.6 Å². The minimum atomic E-state index is -0.898. The Hall–Kier alpha value is -2.05. The van der Waals surface area contributed by atoms with E-state index in [1.165, 1.54) is 0 Å². The normalized spacial score (nSPS) is 16.5. The number of aromatic nitrogens is 2. The Morgan fingerprint density at radius 2 is 1.92 bits per heavy atom. The Morgan fingerprint density at radius 1 is 1.27 bits per heavy atom. The van der Waals surface area contributed by atoms with E-state index < -0.39 is 5.60 Å². The maximum atomic E-state index is 12.4. The van der Waals surface area contributed by atoms with Crippen LogP contribution in [0.1, 0.15) is 29.8 Å². The number of piperidine rings is 1. The highest BCUT2D eigenvalue weighted by Crippen LogP contribution is 2.33. The van der Waals surface area contributed by atoms with E-state index in [2.05, 4.69) is 10.4 Å². The van der Waals surface area contributed by atoms with Gasteiger partial charge in [-0.15, -0.1) is 0 Å². The molecule has 0 atom stereocenters. The lowest BCUT2D eigenvalue weighted by molar-refractivity contribution is -0.0167. The summed E-state index contributed by atoms with van der Waals surface area (Å²) >= 11 is 5.92. The van der Waals surface area contributed by atoms with Crippen LogP contribution in [0.25, 0.3) is 0 Å². The number of rotatable bonds is 4. The number of aliphatic hydroxyl groups is 1. The van der Waals surface area contributed by atoms with E-state index in [0.29, 0.717) is 44.0 Å². The first-order valence-electron chi connectivity index (χ1n) is 8.90. The zero-order valence-electron chi connectivity index (χ0n) is 15.2. The van der Waals surface area contributed by atoms with Gasteiger partial charge in [-0.3, -0.25) is 4.68 Å². The average molecular weight is 377 g/mol. The summed E-state index contributed by atoms with van der Waals surface area (Å²) in [5.74, 6) is 0. The molecule has 1 aliphatic heterocycles. The second-order valence-corrected chi connectivity index (χ2v) is 7.34. The Kier molecular flexibility index (Phi) is 5.53. The molecule has 3 rings (SSSR count). The quantitative estimate of drug-likeness (QED) is 0.862. The highest BCUT2D eigenvalue weighted by atomic mass is 35.5. The Labute approximate surface area is 158 Å². The molecule has 1 fully saturated rings. The molecule has 1 saturated heterocycles. The van der Waals surface area contributed by atoms with E-state index in [-0.39, 0.29) is 6.03 Å². The van der Waals surface area contributed by atoms with E-state index in [1.54, 1.807) is 17.0 Å². The number of amides is 2. The molecular formula is C19H25ClN4O2. The van der Waals surface area contributed by atoms with Crippen LogP contribution in [0.5, 0.6) is 0 Å². The summed E-state index contributed by atoms with van der Waals surface area (Å²) in [7, 11) is 0.